The van der Waals surface area contributed by atoms with Crippen LogP contribution in [0.5, 0.6) is 0 Å². The van der Waals surface area contributed by atoms with E-state index in [-0.39, 0.29) is 23.9 Å². The highest BCUT2D eigenvalue weighted by Crippen LogP contribution is 2.30. The van der Waals surface area contributed by atoms with Crippen LogP contribution in [-0.4, -0.2) is 43.9 Å². The lowest BCUT2D eigenvalue weighted by Crippen LogP contribution is -2.51. The number of nitrogens with one attached hydrogen (secondary N) is 1. The number of amides is 2. The minimum Gasteiger partial charge on any atom is -0.345 e. The lowest BCUT2D eigenvalue weighted by Gasteiger charge is -2.38. The Morgan fingerprint density at radius 3 is 2.67 bits per heavy atom. The molecule has 0 radical (unpaired) electrons. The fourth-order valence-electron chi connectivity index (χ4n) is 3.20. The first-order chi connectivity index (χ1) is 11.4. The summed E-state index contributed by atoms with van der Waals surface area (Å²) in [5.74, 6) is 0.590. The first kappa shape index (κ1) is 16.6. The van der Waals surface area contributed by atoms with E-state index in [9.17, 15) is 9.59 Å². The number of piperidine rings is 1. The molecule has 0 bridgehead atoms. The number of aryl methyl sites for hydroxylation is 2. The van der Waals surface area contributed by atoms with Gasteiger partial charge >= 0.3 is 0 Å². The Morgan fingerprint density at radius 1 is 1.33 bits per heavy atom. The summed E-state index contributed by atoms with van der Waals surface area (Å²) in [7, 11) is 5.40. The maximum atomic E-state index is 12.6. The quantitative estimate of drug-likeness (QED) is 0.912. The van der Waals surface area contributed by atoms with Crippen molar-refractivity contribution in [1.82, 2.24) is 24.3 Å². The Kier molecular flexibility index (Phi) is 4.36. The molecule has 128 valence electrons. The van der Waals surface area contributed by atoms with Gasteiger partial charge < -0.3 is 19.4 Å². The van der Waals surface area contributed by atoms with Crippen LogP contribution in [0, 0.1) is 0 Å². The van der Waals surface area contributed by atoms with E-state index in [2.05, 4.69) is 10.3 Å². The van der Waals surface area contributed by atoms with Gasteiger partial charge in [-0.2, -0.15) is 0 Å². The van der Waals surface area contributed by atoms with Gasteiger partial charge in [-0.1, -0.05) is 11.6 Å². The van der Waals surface area contributed by atoms with E-state index >= 15 is 0 Å². The predicted octanol–water partition coefficient (Wildman–Crippen LogP) is 1.50. The summed E-state index contributed by atoms with van der Waals surface area (Å²) in [6.07, 6.45) is 6.18. The summed E-state index contributed by atoms with van der Waals surface area (Å²) in [5, 5.41) is 3.55. The molecule has 1 aliphatic rings. The third-order valence-corrected chi connectivity index (χ3v) is 4.71. The molecule has 24 heavy (non-hydrogen) atoms. The summed E-state index contributed by atoms with van der Waals surface area (Å²) in [6, 6.07) is 1.12. The third kappa shape index (κ3) is 2.91. The monoisotopic (exact) mass is 349 g/mol. The molecule has 1 N–H and O–H groups in total. The molecule has 0 unspecified atom stereocenters. The molecule has 7 nitrogen and oxygen atoms in total. The van der Waals surface area contributed by atoms with Crippen LogP contribution in [0.1, 0.15) is 35.2 Å². The minimum absolute atomic E-state index is 0.0513. The number of halogens is 1. The minimum atomic E-state index is -0.300. The molecule has 0 saturated carbocycles. The Bertz CT molecular complexity index is 781. The zero-order valence-electron chi connectivity index (χ0n) is 13.9. The van der Waals surface area contributed by atoms with Crippen molar-refractivity contribution in [2.45, 2.75) is 24.9 Å². The van der Waals surface area contributed by atoms with E-state index in [0.717, 1.165) is 5.82 Å². The van der Waals surface area contributed by atoms with Gasteiger partial charge in [0, 0.05) is 46.2 Å². The Balaban J connectivity index is 1.87. The van der Waals surface area contributed by atoms with Gasteiger partial charge in [-0.3, -0.25) is 9.59 Å². The zero-order chi connectivity index (χ0) is 17.4. The van der Waals surface area contributed by atoms with Gasteiger partial charge in [0.05, 0.1) is 11.1 Å². The molecule has 8 heteroatoms. The maximum absolute atomic E-state index is 12.6. The van der Waals surface area contributed by atoms with Crippen molar-refractivity contribution in [2.75, 3.05) is 7.05 Å². The van der Waals surface area contributed by atoms with Gasteiger partial charge in [-0.25, -0.2) is 4.98 Å². The standard InChI is InChI=1S/C16H20ClN5O2/c1-20-7-6-18-15(20)14-11(4-5-13(23)22(14)3)19-16(24)12-8-10(17)9-21(12)2/h6-9,11,14H,4-5H2,1-3H3,(H,19,24)/t11-,14-/m1/s1. The predicted molar refractivity (Wildman–Crippen MR) is 89.6 cm³/mol. The molecule has 3 rings (SSSR count). The highest BCUT2D eigenvalue weighted by Gasteiger charge is 2.38. The molecule has 0 spiro atoms. The van der Waals surface area contributed by atoms with Gasteiger partial charge in [0.1, 0.15) is 17.6 Å². The average Bonchev–Trinajstić information content (AvgIpc) is 3.09. The van der Waals surface area contributed by atoms with Crippen LogP contribution in [0.25, 0.3) is 0 Å². The van der Waals surface area contributed by atoms with Crippen molar-refractivity contribution in [3.05, 3.63) is 41.2 Å². The number of aromatic nitrogens is 3. The number of likely N-dealkylation sites (N-methyl/N-ethyl adjacent to an activating group) is 1. The molecule has 2 amide bonds. The van der Waals surface area contributed by atoms with Crippen LogP contribution >= 0.6 is 11.6 Å². The lowest BCUT2D eigenvalue weighted by molar-refractivity contribution is -0.136. The van der Waals surface area contributed by atoms with Crippen LogP contribution in [0.4, 0.5) is 0 Å². The Hall–Kier alpha value is -2.28. The summed E-state index contributed by atoms with van der Waals surface area (Å²) < 4.78 is 3.56. The molecule has 3 heterocycles. The second kappa shape index (κ2) is 6.32. The number of hydrogen-bond acceptors (Lipinski definition) is 3. The van der Waals surface area contributed by atoms with Gasteiger partial charge in [-0.05, 0) is 12.5 Å². The molecular formula is C16H20ClN5O2. The molecule has 1 fully saturated rings. The van der Waals surface area contributed by atoms with Crippen molar-refractivity contribution in [2.24, 2.45) is 14.1 Å². The van der Waals surface area contributed by atoms with Crippen LogP contribution < -0.4 is 5.32 Å². The van der Waals surface area contributed by atoms with Crippen LogP contribution in [0.15, 0.2) is 24.7 Å². The molecule has 1 saturated heterocycles. The van der Waals surface area contributed by atoms with Crippen LogP contribution in [0.2, 0.25) is 5.02 Å². The summed E-state index contributed by atoms with van der Waals surface area (Å²) in [4.78, 5) is 30.8. The summed E-state index contributed by atoms with van der Waals surface area (Å²) in [6.45, 7) is 0. The fourth-order valence-corrected chi connectivity index (χ4v) is 3.45. The van der Waals surface area contributed by atoms with Crippen molar-refractivity contribution in [3.63, 3.8) is 0 Å². The van der Waals surface area contributed by atoms with Crippen molar-refractivity contribution in [3.8, 4) is 0 Å². The normalized spacial score (nSPS) is 21.2. The highest BCUT2D eigenvalue weighted by molar-refractivity contribution is 6.31. The molecule has 2 aromatic heterocycles. The topological polar surface area (TPSA) is 72.2 Å². The smallest absolute Gasteiger partial charge is 0.268 e. The van der Waals surface area contributed by atoms with Crippen LogP contribution in [0.3, 0.4) is 0 Å². The SMILES string of the molecule is CN1C(=O)CC[C@@H](NC(=O)c2cc(Cl)cn2C)[C@@H]1c1nccn1C. The Morgan fingerprint density at radius 2 is 2.08 bits per heavy atom. The van der Waals surface area contributed by atoms with Gasteiger partial charge in [0.15, 0.2) is 0 Å². The number of rotatable bonds is 3. The molecule has 0 aliphatic carbocycles. The number of imidazole rings is 1. The van der Waals surface area contributed by atoms with Crippen molar-refractivity contribution in [1.29, 1.82) is 0 Å². The second-order valence-corrected chi connectivity index (χ2v) is 6.56. The number of hydrogen-bond donors (Lipinski definition) is 1. The van der Waals surface area contributed by atoms with E-state index in [1.165, 1.54) is 0 Å². The summed E-state index contributed by atoms with van der Waals surface area (Å²) >= 11 is 5.96. The van der Waals surface area contributed by atoms with Gasteiger partial charge in [0.2, 0.25) is 5.91 Å². The number of carbonyl (C=O) groups is 2. The zero-order valence-corrected chi connectivity index (χ0v) is 14.6. The van der Waals surface area contributed by atoms with E-state index in [0.29, 0.717) is 23.6 Å². The third-order valence-electron chi connectivity index (χ3n) is 4.50. The molecule has 1 aliphatic heterocycles. The largest absolute Gasteiger partial charge is 0.345 e. The molecule has 0 aromatic carbocycles. The molecule has 2 aromatic rings. The molecular weight excluding hydrogens is 330 g/mol. The molecule has 2 atom stereocenters. The van der Waals surface area contributed by atoms with E-state index in [4.69, 9.17) is 11.6 Å². The van der Waals surface area contributed by atoms with Crippen molar-refractivity contribution < 1.29 is 9.59 Å². The number of carbonyl (C=O) groups excluding carboxylic acids is 2. The first-order valence-electron chi connectivity index (χ1n) is 7.74. The first-order valence-corrected chi connectivity index (χ1v) is 8.12. The van der Waals surface area contributed by atoms with Crippen molar-refractivity contribution >= 4 is 23.4 Å². The van der Waals surface area contributed by atoms with E-state index < -0.39 is 0 Å². The second-order valence-electron chi connectivity index (χ2n) is 6.12. The lowest BCUT2D eigenvalue weighted by atomic mass is 9.95. The average molecular weight is 350 g/mol. The maximum Gasteiger partial charge on any atom is 0.268 e. The van der Waals surface area contributed by atoms with E-state index in [1.807, 2.05) is 17.8 Å². The van der Waals surface area contributed by atoms with Crippen LogP contribution in [-0.2, 0) is 18.9 Å². The number of likely N-dealkylation sites (tertiary alicyclic amines) is 1. The van der Waals surface area contributed by atoms with E-state index in [1.54, 1.807) is 42.0 Å². The summed E-state index contributed by atoms with van der Waals surface area (Å²) in [5.41, 5.74) is 0.484. The number of nitrogens with zero attached hydrogens (tertiary/aromatic N) is 4. The Labute approximate surface area is 145 Å². The fraction of sp³-hybridized carbons (Fsp3) is 0.438. The van der Waals surface area contributed by atoms with Gasteiger partial charge in [0.25, 0.3) is 5.91 Å². The highest BCUT2D eigenvalue weighted by atomic mass is 35.5. The van der Waals surface area contributed by atoms with Gasteiger partial charge in [-0.15, -0.1) is 0 Å².